The van der Waals surface area contributed by atoms with E-state index in [0.29, 0.717) is 32.1 Å². The first kappa shape index (κ1) is 24.7. The largest absolute Gasteiger partial charge is 0.393 e. The number of nitrogens with two attached hydrogens (primary N) is 1. The van der Waals surface area contributed by atoms with Crippen LogP contribution < -0.4 is 15.8 Å². The molecule has 0 aromatic carbocycles. The Bertz CT molecular complexity index is 723. The average Bonchev–Trinajstić information content (AvgIpc) is 2.67. The van der Waals surface area contributed by atoms with Crippen LogP contribution in [0.15, 0.2) is 0 Å². The van der Waals surface area contributed by atoms with Gasteiger partial charge in [0.1, 0.15) is 12.3 Å². The van der Waals surface area contributed by atoms with Crippen molar-refractivity contribution in [1.82, 2.24) is 10.0 Å². The zero-order valence-electron chi connectivity index (χ0n) is 17.7. The molecular weight excluding hydrogens is 435 g/mol. The smallest absolute Gasteiger partial charge is 0.223 e. The Balaban J connectivity index is 1.63. The van der Waals surface area contributed by atoms with E-state index in [0.717, 1.165) is 0 Å². The number of rotatable bonds is 5. The topological polar surface area (TPSA) is 122 Å². The first-order valence-corrected chi connectivity index (χ1v) is 12.7. The summed E-state index contributed by atoms with van der Waals surface area (Å²) in [5.74, 6) is -1.35. The van der Waals surface area contributed by atoms with Gasteiger partial charge < -0.3 is 16.2 Å². The lowest BCUT2D eigenvalue weighted by Gasteiger charge is -2.39. The number of alkyl halides is 3. The number of aliphatic hydroxyl groups excluding tert-OH is 1. The summed E-state index contributed by atoms with van der Waals surface area (Å²) in [6.07, 6.45) is -4.68. The van der Waals surface area contributed by atoms with Crippen molar-refractivity contribution in [1.29, 1.82) is 0 Å². The Morgan fingerprint density at radius 2 is 1.55 bits per heavy atom. The number of aliphatic hydroxyl groups is 1. The fourth-order valence-corrected chi connectivity index (χ4v) is 7.10. The zero-order valence-corrected chi connectivity index (χ0v) is 18.5. The summed E-state index contributed by atoms with van der Waals surface area (Å²) in [5.41, 5.74) is 6.15. The number of carbonyl (C=O) groups excluding carboxylic acids is 1. The van der Waals surface area contributed by atoms with Crippen LogP contribution in [-0.2, 0) is 14.8 Å². The second kappa shape index (κ2) is 9.93. The maximum atomic E-state index is 13.7. The lowest BCUT2D eigenvalue weighted by Crippen LogP contribution is -2.56. The second-order valence-electron chi connectivity index (χ2n) is 9.58. The third-order valence-corrected chi connectivity index (χ3v) is 9.12. The van der Waals surface area contributed by atoms with Gasteiger partial charge in [0.25, 0.3) is 0 Å². The normalized spacial score (nSPS) is 44.6. The highest BCUT2D eigenvalue weighted by Gasteiger charge is 2.45. The molecular formula is C20H34F3N3O4S. The summed E-state index contributed by atoms with van der Waals surface area (Å²) in [5, 5.41) is 11.3. The van der Waals surface area contributed by atoms with E-state index < -0.39 is 63.8 Å². The van der Waals surface area contributed by atoms with Crippen LogP contribution in [-0.4, -0.2) is 67.4 Å². The van der Waals surface area contributed by atoms with Crippen LogP contribution in [0.1, 0.15) is 58.3 Å². The fourth-order valence-electron chi connectivity index (χ4n) is 5.19. The van der Waals surface area contributed by atoms with Crippen LogP contribution in [0.2, 0.25) is 0 Å². The standard InChI is InChI=1S/C20H34F3N3O4S/c1-10-6-17(24)18(31(29,30)26-11-2-4-13(27)5-3-11)9-14(10)20(28)25-12-7-15(21)19(23)16(22)8-12/h10-19,26-27H,2-9,24H2,1H3,(H,25,28). The number of hydrogen-bond donors (Lipinski definition) is 4. The van der Waals surface area contributed by atoms with Crippen molar-refractivity contribution in [3.63, 3.8) is 0 Å². The lowest BCUT2D eigenvalue weighted by atomic mass is 9.77. The molecule has 0 aromatic heterocycles. The van der Waals surface area contributed by atoms with E-state index in [2.05, 4.69) is 10.0 Å². The average molecular weight is 470 g/mol. The predicted molar refractivity (Wildman–Crippen MR) is 110 cm³/mol. The van der Waals surface area contributed by atoms with Gasteiger partial charge in [0.05, 0.1) is 11.4 Å². The van der Waals surface area contributed by atoms with Crippen LogP contribution >= 0.6 is 0 Å². The van der Waals surface area contributed by atoms with Crippen LogP contribution in [0.5, 0.6) is 0 Å². The number of amides is 1. The van der Waals surface area contributed by atoms with E-state index >= 15 is 0 Å². The minimum atomic E-state index is -3.80. The number of hydrogen-bond acceptors (Lipinski definition) is 5. The van der Waals surface area contributed by atoms with Gasteiger partial charge in [-0.3, -0.25) is 4.79 Å². The van der Waals surface area contributed by atoms with E-state index in [4.69, 9.17) is 5.73 Å². The summed E-state index contributed by atoms with van der Waals surface area (Å²) in [7, 11) is -3.80. The third kappa shape index (κ3) is 5.91. The summed E-state index contributed by atoms with van der Waals surface area (Å²) in [6.45, 7) is 1.80. The molecule has 3 aliphatic carbocycles. The predicted octanol–water partition coefficient (Wildman–Crippen LogP) is 1.24. The monoisotopic (exact) mass is 469 g/mol. The quantitative estimate of drug-likeness (QED) is 0.483. The van der Waals surface area contributed by atoms with Crippen molar-refractivity contribution in [2.24, 2.45) is 17.6 Å². The van der Waals surface area contributed by atoms with E-state index in [-0.39, 0.29) is 31.2 Å². The molecule has 3 fully saturated rings. The molecule has 3 aliphatic rings. The van der Waals surface area contributed by atoms with E-state index in [1.807, 2.05) is 0 Å². The maximum absolute atomic E-state index is 13.7. The lowest BCUT2D eigenvalue weighted by molar-refractivity contribution is -0.129. The Morgan fingerprint density at radius 1 is 0.968 bits per heavy atom. The number of nitrogens with one attached hydrogen (secondary N) is 2. The molecule has 3 rings (SSSR count). The SMILES string of the molecule is CC1CC(N)C(S(=O)(=O)NC2CCC(O)CC2)CC1C(=O)NC1CC(F)C(F)C(F)C1. The number of halogens is 3. The van der Waals surface area contributed by atoms with E-state index in [1.165, 1.54) is 0 Å². The molecule has 0 spiro atoms. The molecule has 5 N–H and O–H groups in total. The van der Waals surface area contributed by atoms with Gasteiger partial charge in [0.2, 0.25) is 15.9 Å². The minimum absolute atomic E-state index is 0.00933. The van der Waals surface area contributed by atoms with Gasteiger partial charge in [-0.2, -0.15) is 0 Å². The molecule has 0 aliphatic heterocycles. The summed E-state index contributed by atoms with van der Waals surface area (Å²) in [6, 6.07) is -1.74. The Hall–Kier alpha value is -0.910. The highest BCUT2D eigenvalue weighted by atomic mass is 32.2. The van der Waals surface area contributed by atoms with Gasteiger partial charge in [-0.1, -0.05) is 6.92 Å². The number of sulfonamides is 1. The molecule has 11 heteroatoms. The fraction of sp³-hybridized carbons (Fsp3) is 0.950. The zero-order chi connectivity index (χ0) is 22.9. The van der Waals surface area contributed by atoms with E-state index in [1.54, 1.807) is 6.92 Å². The maximum Gasteiger partial charge on any atom is 0.223 e. The molecule has 180 valence electrons. The van der Waals surface area contributed by atoms with Crippen molar-refractivity contribution in [2.45, 2.75) is 106 Å². The van der Waals surface area contributed by atoms with Crippen LogP contribution in [0.3, 0.4) is 0 Å². The first-order valence-electron chi connectivity index (χ1n) is 11.1. The van der Waals surface area contributed by atoms with Gasteiger partial charge >= 0.3 is 0 Å². The highest BCUT2D eigenvalue weighted by molar-refractivity contribution is 7.90. The van der Waals surface area contributed by atoms with Gasteiger partial charge in [0.15, 0.2) is 6.17 Å². The molecule has 7 nitrogen and oxygen atoms in total. The second-order valence-corrected chi connectivity index (χ2v) is 11.5. The molecule has 0 bridgehead atoms. The minimum Gasteiger partial charge on any atom is -0.393 e. The van der Waals surface area contributed by atoms with Gasteiger partial charge in [-0.15, -0.1) is 0 Å². The summed E-state index contributed by atoms with van der Waals surface area (Å²) >= 11 is 0. The Morgan fingerprint density at radius 3 is 2.13 bits per heavy atom. The number of carbonyl (C=O) groups is 1. The molecule has 0 aromatic rings. The van der Waals surface area contributed by atoms with Crippen molar-refractivity contribution < 1.29 is 31.5 Å². The third-order valence-electron chi connectivity index (χ3n) is 7.11. The van der Waals surface area contributed by atoms with Crippen molar-refractivity contribution >= 4 is 15.9 Å². The molecule has 0 radical (unpaired) electrons. The van der Waals surface area contributed by atoms with Crippen molar-refractivity contribution in [3.05, 3.63) is 0 Å². The van der Waals surface area contributed by atoms with Crippen LogP contribution in [0.25, 0.3) is 0 Å². The Labute approximate surface area is 181 Å². The summed E-state index contributed by atoms with van der Waals surface area (Å²) < 4.78 is 69.4. The molecule has 6 atom stereocenters. The van der Waals surface area contributed by atoms with Crippen LogP contribution in [0.4, 0.5) is 13.2 Å². The van der Waals surface area contributed by atoms with Gasteiger partial charge in [-0.05, 0) is 44.4 Å². The van der Waals surface area contributed by atoms with Gasteiger partial charge in [-0.25, -0.2) is 26.3 Å². The van der Waals surface area contributed by atoms with Crippen LogP contribution in [0, 0.1) is 11.8 Å². The van der Waals surface area contributed by atoms with Crippen molar-refractivity contribution in [3.8, 4) is 0 Å². The molecule has 1 amide bonds. The summed E-state index contributed by atoms with van der Waals surface area (Å²) in [4.78, 5) is 12.8. The van der Waals surface area contributed by atoms with Gasteiger partial charge in [0, 0.05) is 36.9 Å². The molecule has 6 unspecified atom stereocenters. The van der Waals surface area contributed by atoms with Crippen molar-refractivity contribution in [2.75, 3.05) is 0 Å². The highest BCUT2D eigenvalue weighted by Crippen LogP contribution is 2.34. The Kier molecular flexibility index (Phi) is 7.92. The van der Waals surface area contributed by atoms with E-state index in [9.17, 15) is 31.5 Å². The molecule has 3 saturated carbocycles. The molecule has 0 saturated heterocycles. The first-order chi connectivity index (χ1) is 14.5. The molecule has 0 heterocycles. The molecule has 31 heavy (non-hydrogen) atoms.